The molecule has 5 nitrogen and oxygen atoms in total. The molecule has 4 rings (SSSR count). The number of aromatic nitrogens is 2. The number of furan rings is 1. The van der Waals surface area contributed by atoms with Crippen LogP contribution in [0.15, 0.2) is 52.4 Å². The molecule has 0 fully saturated rings. The van der Waals surface area contributed by atoms with Gasteiger partial charge in [-0.1, -0.05) is 29.8 Å². The standard InChI is InChI=1S/C18H14ClN3O2S/c1-11(15-10-12-4-2-3-5-14(12)24-15)20-16(23)7-6-13-17(19)21-18-22(13)8-9-25-18/h2-11H,1H3,(H,20,23)/b7-6+. The topological polar surface area (TPSA) is 59.5 Å². The number of rotatable bonds is 4. The first-order chi connectivity index (χ1) is 12.1. The highest BCUT2D eigenvalue weighted by atomic mass is 35.5. The lowest BCUT2D eigenvalue weighted by atomic mass is 10.2. The maximum atomic E-state index is 12.2. The number of fused-ring (bicyclic) bond motifs is 2. The van der Waals surface area contributed by atoms with Crippen LogP contribution in [0.4, 0.5) is 0 Å². The van der Waals surface area contributed by atoms with Gasteiger partial charge in [0.25, 0.3) is 0 Å². The summed E-state index contributed by atoms with van der Waals surface area (Å²) < 4.78 is 7.62. The van der Waals surface area contributed by atoms with Gasteiger partial charge in [0, 0.05) is 23.0 Å². The second kappa shape index (κ2) is 6.38. The van der Waals surface area contributed by atoms with Gasteiger partial charge >= 0.3 is 0 Å². The monoisotopic (exact) mass is 371 g/mol. The molecule has 126 valence electrons. The minimum Gasteiger partial charge on any atom is -0.459 e. The number of amides is 1. The Morgan fingerprint density at radius 1 is 1.44 bits per heavy atom. The molecule has 0 saturated carbocycles. The fraction of sp³-hybridized carbons (Fsp3) is 0.111. The number of imidazole rings is 1. The number of nitrogens with zero attached hydrogens (tertiary/aromatic N) is 2. The number of hydrogen-bond donors (Lipinski definition) is 1. The first-order valence-electron chi connectivity index (χ1n) is 7.70. The molecule has 25 heavy (non-hydrogen) atoms. The smallest absolute Gasteiger partial charge is 0.244 e. The Balaban J connectivity index is 1.49. The molecular formula is C18H14ClN3O2S. The third-order valence-corrected chi connectivity index (χ3v) is 4.91. The molecule has 3 aromatic heterocycles. The summed E-state index contributed by atoms with van der Waals surface area (Å²) in [5.74, 6) is 0.486. The minimum absolute atomic E-state index is 0.228. The number of nitrogens with one attached hydrogen (secondary N) is 1. The molecule has 0 bridgehead atoms. The molecule has 0 radical (unpaired) electrons. The van der Waals surface area contributed by atoms with E-state index in [4.69, 9.17) is 16.0 Å². The van der Waals surface area contributed by atoms with E-state index in [2.05, 4.69) is 10.3 Å². The van der Waals surface area contributed by atoms with Gasteiger partial charge in [-0.25, -0.2) is 4.98 Å². The largest absolute Gasteiger partial charge is 0.459 e. The minimum atomic E-state index is -0.244. The van der Waals surface area contributed by atoms with E-state index in [0.717, 1.165) is 15.9 Å². The van der Waals surface area contributed by atoms with Crippen molar-refractivity contribution in [2.24, 2.45) is 0 Å². The van der Waals surface area contributed by atoms with Crippen molar-refractivity contribution in [3.8, 4) is 0 Å². The fourth-order valence-electron chi connectivity index (χ4n) is 2.63. The first-order valence-corrected chi connectivity index (χ1v) is 8.95. The van der Waals surface area contributed by atoms with Gasteiger partial charge in [-0.2, -0.15) is 0 Å². The number of hydrogen-bond acceptors (Lipinski definition) is 4. The van der Waals surface area contributed by atoms with Crippen LogP contribution in [-0.2, 0) is 4.79 Å². The molecule has 1 amide bonds. The van der Waals surface area contributed by atoms with E-state index in [1.165, 1.54) is 17.4 Å². The summed E-state index contributed by atoms with van der Waals surface area (Å²) in [6.07, 6.45) is 4.98. The van der Waals surface area contributed by atoms with Crippen molar-refractivity contribution in [3.05, 3.63) is 64.6 Å². The maximum absolute atomic E-state index is 12.2. The molecule has 0 aliphatic heterocycles. The fourth-order valence-corrected chi connectivity index (χ4v) is 3.63. The van der Waals surface area contributed by atoms with Gasteiger partial charge in [0.05, 0.1) is 11.7 Å². The number of thiazole rings is 1. The van der Waals surface area contributed by atoms with Crippen LogP contribution in [0.1, 0.15) is 24.4 Å². The predicted octanol–water partition coefficient (Wildman–Crippen LogP) is 4.69. The van der Waals surface area contributed by atoms with Crippen LogP contribution in [0.2, 0.25) is 5.15 Å². The van der Waals surface area contributed by atoms with Crippen LogP contribution in [0.5, 0.6) is 0 Å². The lowest BCUT2D eigenvalue weighted by molar-refractivity contribution is -0.117. The molecule has 3 heterocycles. The van der Waals surface area contributed by atoms with Crippen molar-refractivity contribution >= 4 is 50.9 Å². The molecule has 7 heteroatoms. The van der Waals surface area contributed by atoms with Crippen molar-refractivity contribution < 1.29 is 9.21 Å². The Morgan fingerprint density at radius 3 is 3.12 bits per heavy atom. The summed E-state index contributed by atoms with van der Waals surface area (Å²) in [6.45, 7) is 1.88. The van der Waals surface area contributed by atoms with Crippen molar-refractivity contribution in [1.82, 2.24) is 14.7 Å². The highest BCUT2D eigenvalue weighted by Gasteiger charge is 2.13. The van der Waals surface area contributed by atoms with E-state index in [1.807, 2.05) is 53.2 Å². The molecule has 0 spiro atoms. The van der Waals surface area contributed by atoms with Crippen LogP contribution in [0.25, 0.3) is 22.0 Å². The summed E-state index contributed by atoms with van der Waals surface area (Å²) in [5, 5.41) is 6.20. The second-order valence-electron chi connectivity index (χ2n) is 5.59. The number of carbonyl (C=O) groups excluding carboxylic acids is 1. The van der Waals surface area contributed by atoms with Crippen LogP contribution in [-0.4, -0.2) is 15.3 Å². The summed E-state index contributed by atoms with van der Waals surface area (Å²) in [6, 6.07) is 9.45. The Kier molecular flexibility index (Phi) is 4.07. The molecule has 0 aliphatic carbocycles. The molecule has 0 aliphatic rings. The van der Waals surface area contributed by atoms with Gasteiger partial charge < -0.3 is 9.73 Å². The molecule has 0 saturated heterocycles. The van der Waals surface area contributed by atoms with E-state index < -0.39 is 0 Å². The van der Waals surface area contributed by atoms with Gasteiger partial charge in [-0.3, -0.25) is 9.20 Å². The third kappa shape index (κ3) is 3.06. The van der Waals surface area contributed by atoms with Crippen LogP contribution in [0, 0.1) is 0 Å². The Morgan fingerprint density at radius 2 is 2.28 bits per heavy atom. The number of halogens is 1. The van der Waals surface area contributed by atoms with E-state index in [1.54, 1.807) is 6.08 Å². The molecule has 1 N–H and O–H groups in total. The van der Waals surface area contributed by atoms with Crippen molar-refractivity contribution in [3.63, 3.8) is 0 Å². The molecule has 1 atom stereocenters. The van der Waals surface area contributed by atoms with E-state index in [9.17, 15) is 4.79 Å². The molecule has 1 unspecified atom stereocenters. The summed E-state index contributed by atoms with van der Waals surface area (Å²) in [4.78, 5) is 17.2. The summed E-state index contributed by atoms with van der Waals surface area (Å²) >= 11 is 7.60. The Labute approximate surface area is 152 Å². The third-order valence-electron chi connectivity index (χ3n) is 3.88. The van der Waals surface area contributed by atoms with Gasteiger partial charge in [0.1, 0.15) is 11.3 Å². The molecule has 1 aromatic carbocycles. The second-order valence-corrected chi connectivity index (χ2v) is 6.82. The average Bonchev–Trinajstić information content (AvgIpc) is 3.27. The van der Waals surface area contributed by atoms with Crippen LogP contribution < -0.4 is 5.32 Å². The zero-order chi connectivity index (χ0) is 17.4. The first kappa shape index (κ1) is 15.9. The van der Waals surface area contributed by atoms with E-state index in [-0.39, 0.29) is 11.9 Å². The summed E-state index contributed by atoms with van der Waals surface area (Å²) in [5.41, 5.74) is 1.49. The Bertz CT molecular complexity index is 1060. The van der Waals surface area contributed by atoms with E-state index >= 15 is 0 Å². The predicted molar refractivity (Wildman–Crippen MR) is 99.9 cm³/mol. The highest BCUT2D eigenvalue weighted by Crippen LogP contribution is 2.24. The normalized spacial score (nSPS) is 13.0. The number of benzene rings is 1. The van der Waals surface area contributed by atoms with Crippen molar-refractivity contribution in [1.29, 1.82) is 0 Å². The zero-order valence-electron chi connectivity index (χ0n) is 13.3. The van der Waals surface area contributed by atoms with Crippen LogP contribution in [0.3, 0.4) is 0 Å². The highest BCUT2D eigenvalue weighted by molar-refractivity contribution is 7.15. The lowest BCUT2D eigenvalue weighted by Gasteiger charge is -2.08. The number of carbonyl (C=O) groups is 1. The van der Waals surface area contributed by atoms with Gasteiger partial charge in [0.2, 0.25) is 5.91 Å². The van der Waals surface area contributed by atoms with Gasteiger partial charge in [-0.05, 0) is 25.1 Å². The Hall–Kier alpha value is -2.57. The van der Waals surface area contributed by atoms with Crippen molar-refractivity contribution in [2.45, 2.75) is 13.0 Å². The zero-order valence-corrected chi connectivity index (χ0v) is 14.8. The summed E-state index contributed by atoms with van der Waals surface area (Å²) in [7, 11) is 0. The molecule has 4 aromatic rings. The lowest BCUT2D eigenvalue weighted by Crippen LogP contribution is -2.24. The maximum Gasteiger partial charge on any atom is 0.244 e. The van der Waals surface area contributed by atoms with Crippen molar-refractivity contribution in [2.75, 3.05) is 0 Å². The van der Waals surface area contributed by atoms with Crippen LogP contribution >= 0.6 is 22.9 Å². The quantitative estimate of drug-likeness (QED) is 0.529. The number of para-hydroxylation sites is 1. The SMILES string of the molecule is CC(NC(=O)/C=C/c1c(Cl)nc2sccn12)c1cc2ccccc2o1. The molecular weight excluding hydrogens is 358 g/mol. The average molecular weight is 372 g/mol. The van der Waals surface area contributed by atoms with Gasteiger partial charge in [0.15, 0.2) is 10.1 Å². The van der Waals surface area contributed by atoms with E-state index in [0.29, 0.717) is 16.6 Å². The van der Waals surface area contributed by atoms with Gasteiger partial charge in [-0.15, -0.1) is 11.3 Å².